The lowest BCUT2D eigenvalue weighted by molar-refractivity contribution is -0.154. The number of carboxylic acid groups (broad SMARTS) is 1. The number of aliphatic hydroxyl groups excluding tert-OH is 1. The molecule has 0 atom stereocenters. The molecule has 0 spiro atoms. The summed E-state index contributed by atoms with van der Waals surface area (Å²) in [6.45, 7) is 6.52. The fourth-order valence-electron chi connectivity index (χ4n) is 2.00. The number of rotatable bonds is 9. The first-order chi connectivity index (χ1) is 8.47. The summed E-state index contributed by atoms with van der Waals surface area (Å²) in [5.41, 5.74) is -0.955. The molecule has 106 valence electrons. The number of aliphatic carboxylic acids is 1. The fourth-order valence-corrected chi connectivity index (χ4v) is 2.00. The van der Waals surface area contributed by atoms with E-state index < -0.39 is 11.4 Å². The Hall–Kier alpha value is -1.10. The van der Waals surface area contributed by atoms with Crippen LogP contribution in [-0.4, -0.2) is 46.7 Å². The molecule has 0 aliphatic rings. The van der Waals surface area contributed by atoms with E-state index in [0.29, 0.717) is 32.4 Å². The molecule has 0 saturated heterocycles. The average Bonchev–Trinajstić information content (AvgIpc) is 2.36. The topological polar surface area (TPSA) is 77.8 Å². The summed E-state index contributed by atoms with van der Waals surface area (Å²) in [4.78, 5) is 25.0. The quantitative estimate of drug-likeness (QED) is 0.657. The van der Waals surface area contributed by atoms with E-state index in [1.807, 2.05) is 6.92 Å². The number of nitrogens with zero attached hydrogens (tertiary/aromatic N) is 1. The summed E-state index contributed by atoms with van der Waals surface area (Å²) in [6.07, 6.45) is 1.46. The van der Waals surface area contributed by atoms with Crippen LogP contribution in [0, 0.1) is 5.41 Å². The van der Waals surface area contributed by atoms with Crippen molar-refractivity contribution in [3.63, 3.8) is 0 Å². The zero-order valence-corrected chi connectivity index (χ0v) is 11.6. The predicted molar refractivity (Wildman–Crippen MR) is 69.2 cm³/mol. The molecule has 1 amide bonds. The second kappa shape index (κ2) is 8.08. The Bertz CT molecular complexity index is 274. The standard InChI is InChI=1S/C13H25NO4/c1-4-13(5-2,12(17)18)10-11(16)14(6-3)8-7-9-15/h15H,4-10H2,1-3H3,(H,17,18). The van der Waals surface area contributed by atoms with Crippen LogP contribution in [0.3, 0.4) is 0 Å². The SMILES string of the molecule is CCN(CCCO)C(=O)CC(CC)(CC)C(=O)O. The summed E-state index contributed by atoms with van der Waals surface area (Å²) in [7, 11) is 0. The van der Waals surface area contributed by atoms with E-state index >= 15 is 0 Å². The van der Waals surface area contributed by atoms with E-state index in [9.17, 15) is 14.7 Å². The largest absolute Gasteiger partial charge is 0.481 e. The minimum atomic E-state index is -0.955. The first kappa shape index (κ1) is 16.9. The third kappa shape index (κ3) is 4.29. The second-order valence-electron chi connectivity index (χ2n) is 4.52. The third-order valence-electron chi connectivity index (χ3n) is 3.62. The van der Waals surface area contributed by atoms with Gasteiger partial charge in [0.2, 0.25) is 5.91 Å². The smallest absolute Gasteiger partial charge is 0.310 e. The number of hydrogen-bond donors (Lipinski definition) is 2. The zero-order valence-electron chi connectivity index (χ0n) is 11.6. The highest BCUT2D eigenvalue weighted by Gasteiger charge is 2.38. The van der Waals surface area contributed by atoms with Crippen molar-refractivity contribution in [2.75, 3.05) is 19.7 Å². The molecule has 0 saturated carbocycles. The number of carboxylic acids is 1. The second-order valence-corrected chi connectivity index (χ2v) is 4.52. The van der Waals surface area contributed by atoms with Crippen molar-refractivity contribution in [2.45, 2.75) is 46.5 Å². The highest BCUT2D eigenvalue weighted by atomic mass is 16.4. The van der Waals surface area contributed by atoms with Gasteiger partial charge in [-0.15, -0.1) is 0 Å². The van der Waals surface area contributed by atoms with Gasteiger partial charge in [-0.3, -0.25) is 9.59 Å². The van der Waals surface area contributed by atoms with Gasteiger partial charge >= 0.3 is 5.97 Å². The van der Waals surface area contributed by atoms with Crippen LogP contribution in [0.25, 0.3) is 0 Å². The van der Waals surface area contributed by atoms with Gasteiger partial charge in [0.25, 0.3) is 0 Å². The monoisotopic (exact) mass is 259 g/mol. The fraction of sp³-hybridized carbons (Fsp3) is 0.846. The molecule has 0 fully saturated rings. The highest BCUT2D eigenvalue weighted by molar-refractivity contribution is 5.85. The Morgan fingerprint density at radius 1 is 1.17 bits per heavy atom. The molecule has 0 aliphatic heterocycles. The van der Waals surface area contributed by atoms with Crippen LogP contribution < -0.4 is 0 Å². The number of carbonyl (C=O) groups excluding carboxylic acids is 1. The van der Waals surface area contributed by atoms with Gasteiger partial charge in [-0.1, -0.05) is 13.8 Å². The molecule has 0 rings (SSSR count). The van der Waals surface area contributed by atoms with Crippen LogP contribution in [0.15, 0.2) is 0 Å². The molecule has 0 bridgehead atoms. The van der Waals surface area contributed by atoms with E-state index in [-0.39, 0.29) is 18.9 Å². The van der Waals surface area contributed by atoms with Crippen LogP contribution in [0.1, 0.15) is 46.5 Å². The Labute approximate surface area is 109 Å². The number of carbonyl (C=O) groups is 2. The molecule has 0 heterocycles. The van der Waals surface area contributed by atoms with Crippen LogP contribution in [0.5, 0.6) is 0 Å². The summed E-state index contributed by atoms with van der Waals surface area (Å²) >= 11 is 0. The maximum absolute atomic E-state index is 12.1. The Kier molecular flexibility index (Phi) is 7.59. The number of aliphatic hydroxyl groups is 1. The van der Waals surface area contributed by atoms with E-state index in [4.69, 9.17) is 5.11 Å². The van der Waals surface area contributed by atoms with Crippen molar-refractivity contribution in [2.24, 2.45) is 5.41 Å². The summed E-state index contributed by atoms with van der Waals surface area (Å²) in [5, 5.41) is 18.1. The molecule has 0 aromatic rings. The molecule has 0 aromatic carbocycles. The molecular formula is C13H25NO4. The van der Waals surface area contributed by atoms with Gasteiger partial charge in [0.1, 0.15) is 0 Å². The van der Waals surface area contributed by atoms with Crippen molar-refractivity contribution in [1.82, 2.24) is 4.90 Å². The van der Waals surface area contributed by atoms with E-state index in [2.05, 4.69) is 0 Å². The van der Waals surface area contributed by atoms with Gasteiger partial charge in [0.05, 0.1) is 5.41 Å². The van der Waals surface area contributed by atoms with Gasteiger partial charge in [-0.05, 0) is 26.2 Å². The predicted octanol–water partition coefficient (Wildman–Crippen LogP) is 1.50. The molecular weight excluding hydrogens is 234 g/mol. The molecule has 2 N–H and O–H groups in total. The van der Waals surface area contributed by atoms with E-state index in [1.165, 1.54) is 0 Å². The minimum absolute atomic E-state index is 0.0363. The Morgan fingerprint density at radius 3 is 2.06 bits per heavy atom. The van der Waals surface area contributed by atoms with Crippen molar-refractivity contribution < 1.29 is 19.8 Å². The molecule has 0 aliphatic carbocycles. The van der Waals surface area contributed by atoms with Crippen molar-refractivity contribution in [1.29, 1.82) is 0 Å². The van der Waals surface area contributed by atoms with Crippen LogP contribution >= 0.6 is 0 Å². The molecule has 18 heavy (non-hydrogen) atoms. The molecule has 0 aromatic heterocycles. The average molecular weight is 259 g/mol. The molecule has 5 heteroatoms. The molecule has 0 radical (unpaired) electrons. The normalized spacial score (nSPS) is 11.3. The number of hydrogen-bond acceptors (Lipinski definition) is 3. The van der Waals surface area contributed by atoms with Crippen molar-refractivity contribution >= 4 is 11.9 Å². The van der Waals surface area contributed by atoms with Gasteiger partial charge in [-0.25, -0.2) is 0 Å². The lowest BCUT2D eigenvalue weighted by atomic mass is 9.79. The lowest BCUT2D eigenvalue weighted by Gasteiger charge is -2.29. The maximum Gasteiger partial charge on any atom is 0.310 e. The van der Waals surface area contributed by atoms with E-state index in [0.717, 1.165) is 0 Å². The third-order valence-corrected chi connectivity index (χ3v) is 3.62. The first-order valence-electron chi connectivity index (χ1n) is 6.59. The maximum atomic E-state index is 12.1. The van der Waals surface area contributed by atoms with Gasteiger partial charge < -0.3 is 15.1 Å². The highest BCUT2D eigenvalue weighted by Crippen LogP contribution is 2.31. The van der Waals surface area contributed by atoms with Gasteiger partial charge in [0, 0.05) is 26.1 Å². The van der Waals surface area contributed by atoms with Crippen molar-refractivity contribution in [3.8, 4) is 0 Å². The first-order valence-corrected chi connectivity index (χ1v) is 6.59. The van der Waals surface area contributed by atoms with E-state index in [1.54, 1.807) is 18.7 Å². The lowest BCUT2D eigenvalue weighted by Crippen LogP contribution is -2.39. The summed E-state index contributed by atoms with van der Waals surface area (Å²) < 4.78 is 0. The zero-order chi connectivity index (χ0) is 14.2. The summed E-state index contributed by atoms with van der Waals surface area (Å²) in [5.74, 6) is -1.05. The number of amides is 1. The van der Waals surface area contributed by atoms with Crippen LogP contribution in [0.4, 0.5) is 0 Å². The summed E-state index contributed by atoms with van der Waals surface area (Å²) in [6, 6.07) is 0. The van der Waals surface area contributed by atoms with Gasteiger partial charge in [-0.2, -0.15) is 0 Å². The Balaban J connectivity index is 4.71. The van der Waals surface area contributed by atoms with Gasteiger partial charge in [0.15, 0.2) is 0 Å². The Morgan fingerprint density at radius 2 is 1.72 bits per heavy atom. The van der Waals surface area contributed by atoms with Crippen LogP contribution in [-0.2, 0) is 9.59 Å². The van der Waals surface area contributed by atoms with Crippen molar-refractivity contribution in [3.05, 3.63) is 0 Å². The molecule has 5 nitrogen and oxygen atoms in total. The molecule has 0 unspecified atom stereocenters. The van der Waals surface area contributed by atoms with Crippen LogP contribution in [0.2, 0.25) is 0 Å². The minimum Gasteiger partial charge on any atom is -0.481 e.